The van der Waals surface area contributed by atoms with Crippen molar-refractivity contribution in [3.63, 3.8) is 0 Å². The van der Waals surface area contributed by atoms with Gasteiger partial charge < -0.3 is 14.6 Å². The van der Waals surface area contributed by atoms with Crippen molar-refractivity contribution in [2.24, 2.45) is 0 Å². The van der Waals surface area contributed by atoms with Crippen LogP contribution in [0.4, 0.5) is 0 Å². The molecule has 1 amide bonds. The Kier molecular flexibility index (Phi) is 5.16. The Balaban J connectivity index is 2.27. The monoisotopic (exact) mass is 316 g/mol. The zero-order valence-corrected chi connectivity index (χ0v) is 13.2. The lowest BCUT2D eigenvalue weighted by atomic mass is 10.2. The Morgan fingerprint density at radius 1 is 1.22 bits per heavy atom. The lowest BCUT2D eigenvalue weighted by Gasteiger charge is -2.27. The summed E-state index contributed by atoms with van der Waals surface area (Å²) in [7, 11) is 0. The number of aliphatic carboxylic acids is 1. The van der Waals surface area contributed by atoms with Crippen LogP contribution in [0.2, 0.25) is 0 Å². The Morgan fingerprint density at radius 2 is 1.91 bits per heavy atom. The third-order valence-corrected chi connectivity index (χ3v) is 3.70. The van der Waals surface area contributed by atoms with E-state index in [2.05, 4.69) is 0 Å². The molecule has 0 spiro atoms. The van der Waals surface area contributed by atoms with E-state index in [4.69, 9.17) is 5.11 Å². The summed E-state index contributed by atoms with van der Waals surface area (Å²) in [5, 5.41) is 9.37. The first-order valence-electron chi connectivity index (χ1n) is 7.49. The molecule has 0 fully saturated rings. The van der Waals surface area contributed by atoms with Gasteiger partial charge in [0.25, 0.3) is 0 Å². The molecule has 6 nitrogen and oxygen atoms in total. The van der Waals surface area contributed by atoms with Crippen LogP contribution in [0.15, 0.2) is 41.3 Å². The fraction of sp³-hybridized carbons (Fsp3) is 0.353. The average Bonchev–Trinajstić information content (AvgIpc) is 2.50. The quantitative estimate of drug-likeness (QED) is 0.880. The molecule has 0 unspecified atom stereocenters. The number of hydrogen-bond donors (Lipinski definition) is 1. The molecule has 0 aliphatic carbocycles. The molecule has 122 valence electrons. The predicted octanol–water partition coefficient (Wildman–Crippen LogP) is 1.71. The van der Waals surface area contributed by atoms with Gasteiger partial charge in [-0.25, -0.2) is 0 Å². The maximum atomic E-state index is 12.5. The molecule has 1 heterocycles. The number of hydrogen-bond acceptors (Lipinski definition) is 3. The van der Waals surface area contributed by atoms with Crippen molar-refractivity contribution in [1.82, 2.24) is 9.47 Å². The highest BCUT2D eigenvalue weighted by atomic mass is 16.4. The topological polar surface area (TPSA) is 79.6 Å². The number of benzene rings is 1. The van der Waals surface area contributed by atoms with Crippen molar-refractivity contribution in [3.05, 3.63) is 46.8 Å². The van der Waals surface area contributed by atoms with Crippen LogP contribution >= 0.6 is 0 Å². The molecule has 0 atom stereocenters. The second-order valence-electron chi connectivity index (χ2n) is 5.65. The van der Waals surface area contributed by atoms with E-state index in [0.29, 0.717) is 10.9 Å². The summed E-state index contributed by atoms with van der Waals surface area (Å²) in [5.41, 5.74) is 0.603. The SMILES string of the molecule is CC(C)N(CCC(=O)O)C(=O)Cn1ccc(=O)c2ccccc21. The fourth-order valence-electron chi connectivity index (χ4n) is 2.52. The number of amides is 1. The molecular weight excluding hydrogens is 296 g/mol. The molecule has 0 aliphatic heterocycles. The molecule has 23 heavy (non-hydrogen) atoms. The number of rotatable bonds is 6. The number of aromatic nitrogens is 1. The molecule has 0 aliphatic rings. The van der Waals surface area contributed by atoms with Gasteiger partial charge in [-0.05, 0) is 26.0 Å². The van der Waals surface area contributed by atoms with Crippen molar-refractivity contribution in [2.75, 3.05) is 6.54 Å². The van der Waals surface area contributed by atoms with Crippen LogP contribution in [0.1, 0.15) is 20.3 Å². The van der Waals surface area contributed by atoms with Crippen LogP contribution in [-0.4, -0.2) is 39.0 Å². The summed E-state index contributed by atoms with van der Waals surface area (Å²) >= 11 is 0. The van der Waals surface area contributed by atoms with Gasteiger partial charge in [-0.1, -0.05) is 12.1 Å². The van der Waals surface area contributed by atoms with E-state index < -0.39 is 5.97 Å². The number of pyridine rings is 1. The first-order chi connectivity index (χ1) is 10.9. The second-order valence-corrected chi connectivity index (χ2v) is 5.65. The summed E-state index contributed by atoms with van der Waals surface area (Å²) in [6, 6.07) is 8.46. The maximum Gasteiger partial charge on any atom is 0.305 e. The zero-order chi connectivity index (χ0) is 17.0. The van der Waals surface area contributed by atoms with Crippen LogP contribution in [0.3, 0.4) is 0 Å². The standard InChI is InChI=1S/C17H20N2O4/c1-12(2)19(10-8-17(22)23)16(21)11-18-9-7-15(20)13-5-3-4-6-14(13)18/h3-7,9,12H,8,10-11H2,1-2H3,(H,22,23). The first kappa shape index (κ1) is 16.7. The minimum Gasteiger partial charge on any atom is -0.481 e. The van der Waals surface area contributed by atoms with E-state index in [1.54, 1.807) is 33.9 Å². The van der Waals surface area contributed by atoms with E-state index in [0.717, 1.165) is 0 Å². The fourth-order valence-corrected chi connectivity index (χ4v) is 2.52. The van der Waals surface area contributed by atoms with Crippen LogP contribution in [0.25, 0.3) is 10.9 Å². The van der Waals surface area contributed by atoms with E-state index in [-0.39, 0.29) is 36.9 Å². The van der Waals surface area contributed by atoms with E-state index in [9.17, 15) is 14.4 Å². The lowest BCUT2D eigenvalue weighted by molar-refractivity contribution is -0.139. The van der Waals surface area contributed by atoms with Gasteiger partial charge in [-0.3, -0.25) is 14.4 Å². The van der Waals surface area contributed by atoms with Gasteiger partial charge in [0.15, 0.2) is 5.43 Å². The molecule has 1 aromatic carbocycles. The highest BCUT2D eigenvalue weighted by Crippen LogP contribution is 2.11. The molecule has 0 bridgehead atoms. The number of para-hydroxylation sites is 1. The summed E-state index contributed by atoms with van der Waals surface area (Å²) in [6.07, 6.45) is 1.51. The number of carbonyl (C=O) groups is 2. The van der Waals surface area contributed by atoms with E-state index in [1.807, 2.05) is 19.9 Å². The van der Waals surface area contributed by atoms with Crippen molar-refractivity contribution >= 4 is 22.8 Å². The molecule has 0 saturated heterocycles. The lowest BCUT2D eigenvalue weighted by Crippen LogP contribution is -2.40. The van der Waals surface area contributed by atoms with E-state index >= 15 is 0 Å². The Morgan fingerprint density at radius 3 is 2.57 bits per heavy atom. The Bertz CT molecular complexity index is 780. The van der Waals surface area contributed by atoms with Crippen LogP contribution in [0, 0.1) is 0 Å². The van der Waals surface area contributed by atoms with Gasteiger partial charge in [0.2, 0.25) is 5.91 Å². The maximum absolute atomic E-state index is 12.5. The molecule has 6 heteroatoms. The van der Waals surface area contributed by atoms with Gasteiger partial charge in [0.05, 0.1) is 11.9 Å². The van der Waals surface area contributed by atoms with Gasteiger partial charge in [-0.15, -0.1) is 0 Å². The molecule has 1 aromatic heterocycles. The molecular formula is C17H20N2O4. The summed E-state index contributed by atoms with van der Waals surface area (Å²) in [6.45, 7) is 3.94. The normalized spacial score (nSPS) is 10.9. The second kappa shape index (κ2) is 7.09. The van der Waals surface area contributed by atoms with E-state index in [1.165, 1.54) is 6.07 Å². The predicted molar refractivity (Wildman–Crippen MR) is 87.3 cm³/mol. The van der Waals surface area contributed by atoms with Crippen molar-refractivity contribution in [1.29, 1.82) is 0 Å². The van der Waals surface area contributed by atoms with Crippen molar-refractivity contribution in [2.45, 2.75) is 32.9 Å². The van der Waals surface area contributed by atoms with Gasteiger partial charge in [0.1, 0.15) is 6.54 Å². The van der Waals surface area contributed by atoms with Gasteiger partial charge >= 0.3 is 5.97 Å². The minimum atomic E-state index is -0.933. The molecule has 2 rings (SSSR count). The Hall–Kier alpha value is -2.63. The summed E-state index contributed by atoms with van der Waals surface area (Å²) in [4.78, 5) is 36.7. The zero-order valence-electron chi connectivity index (χ0n) is 13.2. The summed E-state index contributed by atoms with van der Waals surface area (Å²) < 4.78 is 1.72. The van der Waals surface area contributed by atoms with Crippen molar-refractivity contribution < 1.29 is 14.7 Å². The first-order valence-corrected chi connectivity index (χ1v) is 7.49. The number of nitrogens with zero attached hydrogens (tertiary/aromatic N) is 2. The largest absolute Gasteiger partial charge is 0.481 e. The number of carbonyl (C=O) groups excluding carboxylic acids is 1. The van der Waals surface area contributed by atoms with Crippen LogP contribution in [0.5, 0.6) is 0 Å². The number of fused-ring (bicyclic) bond motifs is 1. The average molecular weight is 316 g/mol. The Labute approximate surface area is 134 Å². The molecule has 2 aromatic rings. The van der Waals surface area contributed by atoms with Crippen molar-refractivity contribution in [3.8, 4) is 0 Å². The number of carboxylic acid groups (broad SMARTS) is 1. The van der Waals surface area contributed by atoms with Gasteiger partial charge in [-0.2, -0.15) is 0 Å². The smallest absolute Gasteiger partial charge is 0.305 e. The highest BCUT2D eigenvalue weighted by Gasteiger charge is 2.18. The minimum absolute atomic E-state index is 0.0680. The van der Waals surface area contributed by atoms with Gasteiger partial charge in [0, 0.05) is 30.2 Å². The van der Waals surface area contributed by atoms with Crippen LogP contribution in [-0.2, 0) is 16.1 Å². The molecule has 0 radical (unpaired) electrons. The third kappa shape index (κ3) is 3.97. The molecule has 1 N–H and O–H groups in total. The third-order valence-electron chi connectivity index (χ3n) is 3.70. The molecule has 0 saturated carbocycles. The number of carboxylic acids is 1. The summed E-state index contributed by atoms with van der Waals surface area (Å²) in [5.74, 6) is -1.10. The highest BCUT2D eigenvalue weighted by molar-refractivity contribution is 5.82. The van der Waals surface area contributed by atoms with Crippen LogP contribution < -0.4 is 5.43 Å².